The van der Waals surface area contributed by atoms with Gasteiger partial charge in [-0.1, -0.05) is 19.3 Å². The van der Waals surface area contributed by atoms with Crippen molar-refractivity contribution in [3.63, 3.8) is 0 Å². The van der Waals surface area contributed by atoms with Gasteiger partial charge in [0.25, 0.3) is 0 Å². The van der Waals surface area contributed by atoms with Gasteiger partial charge in [-0.05, 0) is 26.7 Å². The molecule has 2 saturated heterocycles. The predicted octanol–water partition coefficient (Wildman–Crippen LogP) is 1.81. The number of hydrogen-bond donors (Lipinski definition) is 1. The molecule has 4 heteroatoms. The van der Waals surface area contributed by atoms with Gasteiger partial charge in [-0.3, -0.25) is 4.79 Å². The van der Waals surface area contributed by atoms with Crippen LogP contribution in [0.3, 0.4) is 0 Å². The Kier molecular flexibility index (Phi) is 2.55. The van der Waals surface area contributed by atoms with Crippen LogP contribution in [0.5, 0.6) is 0 Å². The summed E-state index contributed by atoms with van der Waals surface area (Å²) in [7, 11) is 0. The number of fused-ring (bicyclic) bond motifs is 2. The Balaban J connectivity index is 2.01. The molecule has 0 aromatic carbocycles. The standard InChI is InChI=1S/C14H23NO3/c1-12(2,17)14-9-6-11(16)15(14)13(10-18-14)7-4-3-5-8-13/h17H,3-10H2,1-2H3/t14-/m1/s1. The molecule has 18 heavy (non-hydrogen) atoms. The smallest absolute Gasteiger partial charge is 0.225 e. The minimum Gasteiger partial charge on any atom is -0.385 e. The summed E-state index contributed by atoms with van der Waals surface area (Å²) in [4.78, 5) is 14.2. The van der Waals surface area contributed by atoms with E-state index < -0.39 is 11.3 Å². The fraction of sp³-hybridized carbons (Fsp3) is 0.929. The molecular weight excluding hydrogens is 230 g/mol. The van der Waals surface area contributed by atoms with Crippen molar-refractivity contribution < 1.29 is 14.6 Å². The zero-order valence-electron chi connectivity index (χ0n) is 11.4. The largest absolute Gasteiger partial charge is 0.385 e. The number of carbonyl (C=O) groups is 1. The van der Waals surface area contributed by atoms with Crippen LogP contribution in [-0.2, 0) is 9.53 Å². The van der Waals surface area contributed by atoms with Crippen LogP contribution in [0.4, 0.5) is 0 Å². The van der Waals surface area contributed by atoms with Crippen LogP contribution in [0.25, 0.3) is 0 Å². The first-order chi connectivity index (χ1) is 8.41. The lowest BCUT2D eigenvalue weighted by atomic mass is 9.80. The third-order valence-electron chi connectivity index (χ3n) is 5.08. The molecule has 0 unspecified atom stereocenters. The molecule has 3 aliphatic rings. The minimum atomic E-state index is -1.000. The molecule has 1 aliphatic carbocycles. The zero-order valence-corrected chi connectivity index (χ0v) is 11.4. The van der Waals surface area contributed by atoms with Gasteiger partial charge < -0.3 is 14.7 Å². The monoisotopic (exact) mass is 253 g/mol. The Hall–Kier alpha value is -0.610. The molecular formula is C14H23NO3. The van der Waals surface area contributed by atoms with Gasteiger partial charge in [0, 0.05) is 12.8 Å². The molecule has 102 valence electrons. The summed E-state index contributed by atoms with van der Waals surface area (Å²) in [6.45, 7) is 4.13. The predicted molar refractivity (Wildman–Crippen MR) is 66.9 cm³/mol. The number of hydrogen-bond acceptors (Lipinski definition) is 3. The van der Waals surface area contributed by atoms with E-state index in [0.29, 0.717) is 19.4 Å². The van der Waals surface area contributed by atoms with Gasteiger partial charge in [0.05, 0.1) is 12.1 Å². The number of carbonyl (C=O) groups excluding carboxylic acids is 1. The van der Waals surface area contributed by atoms with Crippen molar-refractivity contribution >= 4 is 5.91 Å². The first kappa shape index (κ1) is 12.4. The molecule has 3 rings (SSSR count). The van der Waals surface area contributed by atoms with Gasteiger partial charge >= 0.3 is 0 Å². The van der Waals surface area contributed by atoms with Crippen molar-refractivity contribution in [1.29, 1.82) is 0 Å². The minimum absolute atomic E-state index is 0.133. The van der Waals surface area contributed by atoms with Gasteiger partial charge in [-0.25, -0.2) is 0 Å². The molecule has 1 atom stereocenters. The highest BCUT2D eigenvalue weighted by Crippen LogP contribution is 2.53. The highest BCUT2D eigenvalue weighted by molar-refractivity contribution is 5.81. The number of amides is 1. The summed E-state index contributed by atoms with van der Waals surface area (Å²) in [5, 5.41) is 10.5. The first-order valence-electron chi connectivity index (χ1n) is 7.11. The molecule has 0 bridgehead atoms. The Morgan fingerprint density at radius 1 is 1.22 bits per heavy atom. The average molecular weight is 253 g/mol. The van der Waals surface area contributed by atoms with Crippen LogP contribution < -0.4 is 0 Å². The van der Waals surface area contributed by atoms with Crippen LogP contribution in [-0.4, -0.2) is 39.4 Å². The maximum absolute atomic E-state index is 12.3. The summed E-state index contributed by atoms with van der Waals surface area (Å²) >= 11 is 0. The molecule has 2 heterocycles. The Morgan fingerprint density at radius 2 is 1.89 bits per heavy atom. The summed E-state index contributed by atoms with van der Waals surface area (Å²) in [5.74, 6) is 0.163. The van der Waals surface area contributed by atoms with Crippen molar-refractivity contribution in [2.45, 2.75) is 75.7 Å². The first-order valence-corrected chi connectivity index (χ1v) is 7.11. The molecule has 1 N–H and O–H groups in total. The van der Waals surface area contributed by atoms with Crippen LogP contribution in [0, 0.1) is 0 Å². The van der Waals surface area contributed by atoms with E-state index in [0.717, 1.165) is 25.7 Å². The number of ether oxygens (including phenoxy) is 1. The zero-order chi connectivity index (χ0) is 13.0. The second-order valence-electron chi connectivity index (χ2n) is 6.65. The van der Waals surface area contributed by atoms with Gasteiger partial charge in [-0.2, -0.15) is 0 Å². The average Bonchev–Trinajstić information content (AvgIpc) is 2.81. The molecule has 0 radical (unpaired) electrons. The molecule has 1 saturated carbocycles. The van der Waals surface area contributed by atoms with Crippen molar-refractivity contribution in [3.05, 3.63) is 0 Å². The topological polar surface area (TPSA) is 49.8 Å². The van der Waals surface area contributed by atoms with Gasteiger partial charge in [0.1, 0.15) is 5.60 Å². The summed E-state index contributed by atoms with van der Waals surface area (Å²) in [6.07, 6.45) is 6.75. The van der Waals surface area contributed by atoms with Crippen molar-refractivity contribution in [3.8, 4) is 0 Å². The maximum atomic E-state index is 12.3. The Morgan fingerprint density at radius 3 is 2.50 bits per heavy atom. The maximum Gasteiger partial charge on any atom is 0.225 e. The second kappa shape index (κ2) is 3.70. The Labute approximate surface area is 108 Å². The van der Waals surface area contributed by atoms with E-state index >= 15 is 0 Å². The molecule has 2 aliphatic heterocycles. The number of nitrogens with zero attached hydrogens (tertiary/aromatic N) is 1. The number of rotatable bonds is 1. The quantitative estimate of drug-likeness (QED) is 0.775. The lowest BCUT2D eigenvalue weighted by Crippen LogP contribution is -2.62. The normalized spacial score (nSPS) is 35.3. The van der Waals surface area contributed by atoms with E-state index in [2.05, 4.69) is 0 Å². The van der Waals surface area contributed by atoms with Gasteiger partial charge in [0.15, 0.2) is 5.72 Å². The van der Waals surface area contributed by atoms with E-state index in [1.165, 1.54) is 6.42 Å². The van der Waals surface area contributed by atoms with Crippen molar-refractivity contribution in [2.24, 2.45) is 0 Å². The molecule has 4 nitrogen and oxygen atoms in total. The van der Waals surface area contributed by atoms with Crippen LogP contribution >= 0.6 is 0 Å². The molecule has 1 amide bonds. The highest BCUT2D eigenvalue weighted by Gasteiger charge is 2.66. The van der Waals surface area contributed by atoms with E-state index in [9.17, 15) is 9.90 Å². The van der Waals surface area contributed by atoms with Gasteiger partial charge in [-0.15, -0.1) is 0 Å². The summed E-state index contributed by atoms with van der Waals surface area (Å²) < 4.78 is 6.05. The fourth-order valence-electron chi connectivity index (χ4n) is 4.14. The van der Waals surface area contributed by atoms with Crippen molar-refractivity contribution in [1.82, 2.24) is 4.90 Å². The lowest BCUT2D eigenvalue weighted by molar-refractivity contribution is -0.196. The van der Waals surface area contributed by atoms with E-state index in [1.54, 1.807) is 13.8 Å². The third-order valence-corrected chi connectivity index (χ3v) is 5.08. The van der Waals surface area contributed by atoms with Crippen molar-refractivity contribution in [2.75, 3.05) is 6.61 Å². The van der Waals surface area contributed by atoms with E-state index in [-0.39, 0.29) is 11.4 Å². The fourth-order valence-corrected chi connectivity index (χ4v) is 4.14. The van der Waals surface area contributed by atoms with Gasteiger partial charge in [0.2, 0.25) is 5.91 Å². The lowest BCUT2D eigenvalue weighted by Gasteiger charge is -2.47. The summed E-state index contributed by atoms with van der Waals surface area (Å²) in [5.41, 5.74) is -1.91. The third kappa shape index (κ3) is 1.42. The second-order valence-corrected chi connectivity index (χ2v) is 6.65. The number of aliphatic hydroxyl groups is 1. The molecule has 0 aromatic rings. The van der Waals surface area contributed by atoms with Crippen LogP contribution in [0.2, 0.25) is 0 Å². The molecule has 1 spiro atoms. The van der Waals surface area contributed by atoms with Crippen LogP contribution in [0.15, 0.2) is 0 Å². The van der Waals surface area contributed by atoms with E-state index in [4.69, 9.17) is 4.74 Å². The Bertz CT molecular complexity index is 368. The summed E-state index contributed by atoms with van der Waals surface area (Å²) in [6, 6.07) is 0. The van der Waals surface area contributed by atoms with Crippen LogP contribution in [0.1, 0.15) is 58.8 Å². The SMILES string of the molecule is CC(C)(O)[C@]12CCC(=O)N1C1(CCCCC1)CO2. The molecule has 0 aromatic heterocycles. The van der Waals surface area contributed by atoms with E-state index in [1.807, 2.05) is 4.90 Å². The highest BCUT2D eigenvalue weighted by atomic mass is 16.6. The molecule has 3 fully saturated rings.